The number of carbonyl (C=O) groups is 1. The maximum atomic E-state index is 12.6. The van der Waals surface area contributed by atoms with Gasteiger partial charge >= 0.3 is 0 Å². The first-order valence-corrected chi connectivity index (χ1v) is 9.27. The van der Waals surface area contributed by atoms with E-state index in [4.69, 9.17) is 0 Å². The van der Waals surface area contributed by atoms with Crippen molar-refractivity contribution in [2.24, 2.45) is 0 Å². The Bertz CT molecular complexity index is 921. The average Bonchev–Trinajstić information content (AvgIpc) is 3.26. The second kappa shape index (κ2) is 6.11. The first-order valence-electron chi connectivity index (χ1n) is 8.39. The summed E-state index contributed by atoms with van der Waals surface area (Å²) >= 11 is 1.38. The number of aryl methyl sites for hydroxylation is 2. The molecule has 0 aliphatic heterocycles. The lowest BCUT2D eigenvalue weighted by molar-refractivity contribution is 0.0996. The Balaban J connectivity index is 1.60. The molecule has 3 aromatic rings. The lowest BCUT2D eigenvalue weighted by Crippen LogP contribution is -2.26. The van der Waals surface area contributed by atoms with Crippen LogP contribution < -0.4 is 4.90 Å². The molecule has 1 aliphatic carbocycles. The molecule has 2 heterocycles. The summed E-state index contributed by atoms with van der Waals surface area (Å²) in [6.07, 6.45) is 2.49. The summed E-state index contributed by atoms with van der Waals surface area (Å²) in [7, 11) is 1.80. The number of nitrogens with zero attached hydrogens (tertiary/aromatic N) is 4. The molecule has 0 saturated heterocycles. The van der Waals surface area contributed by atoms with Crippen LogP contribution in [0.5, 0.6) is 0 Å². The lowest BCUT2D eigenvalue weighted by atomic mass is 10.2. The highest BCUT2D eigenvalue weighted by molar-refractivity contribution is 7.12. The largest absolute Gasteiger partial charge is 0.311 e. The van der Waals surface area contributed by atoms with Crippen molar-refractivity contribution < 1.29 is 4.79 Å². The smallest absolute Gasteiger partial charge is 0.269 e. The Morgan fingerprint density at radius 3 is 2.56 bits per heavy atom. The highest BCUT2D eigenvalue weighted by atomic mass is 32.1. The van der Waals surface area contributed by atoms with Gasteiger partial charge in [0.25, 0.3) is 5.91 Å². The van der Waals surface area contributed by atoms with Gasteiger partial charge in [-0.3, -0.25) is 4.79 Å². The van der Waals surface area contributed by atoms with Crippen molar-refractivity contribution in [3.63, 3.8) is 0 Å². The number of hydrogen-bond acceptors (Lipinski definition) is 4. The van der Waals surface area contributed by atoms with Crippen molar-refractivity contribution in [2.75, 3.05) is 11.9 Å². The van der Waals surface area contributed by atoms with Crippen LogP contribution in [-0.2, 0) is 0 Å². The third-order valence-electron chi connectivity index (χ3n) is 4.58. The Kier molecular flexibility index (Phi) is 3.92. The standard InChI is InChI=1S/C19H20N4OS/c1-12-10-17(14-4-5-14)23(21-12)16-8-6-15(7-9-16)22(3)19(24)18-13(2)20-11-25-18/h6-11,14H,4-5H2,1-3H3. The van der Waals surface area contributed by atoms with Crippen molar-refractivity contribution in [2.45, 2.75) is 32.6 Å². The Hall–Kier alpha value is -2.47. The van der Waals surface area contributed by atoms with E-state index in [2.05, 4.69) is 16.1 Å². The molecule has 128 valence electrons. The van der Waals surface area contributed by atoms with E-state index in [1.165, 1.54) is 29.9 Å². The van der Waals surface area contributed by atoms with E-state index in [9.17, 15) is 4.79 Å². The fourth-order valence-corrected chi connectivity index (χ4v) is 3.77. The number of amides is 1. The van der Waals surface area contributed by atoms with Gasteiger partial charge in [0, 0.05) is 24.3 Å². The molecule has 1 aliphatic rings. The molecule has 0 radical (unpaired) electrons. The summed E-state index contributed by atoms with van der Waals surface area (Å²) in [5.74, 6) is 0.612. The number of hydrogen-bond donors (Lipinski definition) is 0. The number of rotatable bonds is 4. The molecule has 25 heavy (non-hydrogen) atoms. The number of thiazole rings is 1. The summed E-state index contributed by atoms with van der Waals surface area (Å²) in [5, 5.41) is 4.63. The number of carbonyl (C=O) groups excluding carboxylic acids is 1. The van der Waals surface area contributed by atoms with Crippen LogP contribution in [0.2, 0.25) is 0 Å². The van der Waals surface area contributed by atoms with Gasteiger partial charge in [-0.15, -0.1) is 11.3 Å². The van der Waals surface area contributed by atoms with E-state index in [0.717, 1.165) is 22.8 Å². The highest BCUT2D eigenvalue weighted by Gasteiger charge is 2.28. The van der Waals surface area contributed by atoms with Crippen LogP contribution in [0.4, 0.5) is 5.69 Å². The molecule has 0 bridgehead atoms. The van der Waals surface area contributed by atoms with Gasteiger partial charge in [-0.2, -0.15) is 5.10 Å². The Labute approximate surface area is 150 Å². The van der Waals surface area contributed by atoms with Crippen molar-refractivity contribution in [3.8, 4) is 5.69 Å². The fourth-order valence-electron chi connectivity index (χ4n) is 2.99. The van der Waals surface area contributed by atoms with Crippen molar-refractivity contribution in [1.29, 1.82) is 0 Å². The van der Waals surface area contributed by atoms with Crippen molar-refractivity contribution >= 4 is 22.9 Å². The summed E-state index contributed by atoms with van der Waals surface area (Å²) in [6, 6.07) is 10.2. The molecule has 1 saturated carbocycles. The summed E-state index contributed by atoms with van der Waals surface area (Å²) < 4.78 is 2.03. The third kappa shape index (κ3) is 2.98. The minimum atomic E-state index is -0.0265. The Morgan fingerprint density at radius 1 is 1.24 bits per heavy atom. The number of aromatic nitrogens is 3. The monoisotopic (exact) mass is 352 g/mol. The Morgan fingerprint density at radius 2 is 1.96 bits per heavy atom. The van der Waals surface area contributed by atoms with Crippen LogP contribution in [0.1, 0.15) is 45.5 Å². The topological polar surface area (TPSA) is 51.0 Å². The predicted octanol–water partition coefficient (Wildman–Crippen LogP) is 4.10. The van der Waals surface area contributed by atoms with E-state index >= 15 is 0 Å². The summed E-state index contributed by atoms with van der Waals surface area (Å²) in [6.45, 7) is 3.89. The zero-order valence-electron chi connectivity index (χ0n) is 14.6. The van der Waals surface area contributed by atoms with Crippen LogP contribution in [-0.4, -0.2) is 27.7 Å². The molecular weight excluding hydrogens is 332 g/mol. The van der Waals surface area contributed by atoms with Crippen molar-refractivity contribution in [3.05, 3.63) is 57.8 Å². The second-order valence-corrected chi connectivity index (χ2v) is 7.40. The first-order chi connectivity index (χ1) is 12.0. The normalized spacial score (nSPS) is 13.9. The number of benzene rings is 1. The van der Waals surface area contributed by atoms with Crippen molar-refractivity contribution in [1.82, 2.24) is 14.8 Å². The SMILES string of the molecule is Cc1cc(C2CC2)n(-c2ccc(N(C)C(=O)c3scnc3C)cc2)n1. The van der Waals surface area contributed by atoms with E-state index in [1.807, 2.05) is 42.8 Å². The van der Waals surface area contributed by atoms with Crippen LogP contribution in [0.15, 0.2) is 35.8 Å². The van der Waals surface area contributed by atoms with E-state index in [0.29, 0.717) is 10.8 Å². The number of anilines is 1. The molecular formula is C19H20N4OS. The van der Waals surface area contributed by atoms with Crippen LogP contribution in [0, 0.1) is 13.8 Å². The molecule has 0 unspecified atom stereocenters. The van der Waals surface area contributed by atoms with Gasteiger partial charge in [-0.05, 0) is 57.0 Å². The van der Waals surface area contributed by atoms with E-state index in [1.54, 1.807) is 17.5 Å². The zero-order chi connectivity index (χ0) is 17.6. The lowest BCUT2D eigenvalue weighted by Gasteiger charge is -2.17. The van der Waals surface area contributed by atoms with Gasteiger partial charge < -0.3 is 4.90 Å². The summed E-state index contributed by atoms with van der Waals surface area (Å²) in [5.41, 5.74) is 6.71. The quantitative estimate of drug-likeness (QED) is 0.710. The van der Waals surface area contributed by atoms with Crippen LogP contribution in [0.3, 0.4) is 0 Å². The summed E-state index contributed by atoms with van der Waals surface area (Å²) in [4.78, 5) is 19.1. The maximum absolute atomic E-state index is 12.6. The molecule has 6 heteroatoms. The van der Waals surface area contributed by atoms with Crippen LogP contribution in [0.25, 0.3) is 5.69 Å². The molecule has 2 aromatic heterocycles. The van der Waals surface area contributed by atoms with E-state index in [-0.39, 0.29) is 5.91 Å². The molecule has 4 rings (SSSR count). The molecule has 1 aromatic carbocycles. The van der Waals surface area contributed by atoms with Gasteiger partial charge in [0.15, 0.2) is 0 Å². The van der Waals surface area contributed by atoms with Crippen LogP contribution >= 0.6 is 11.3 Å². The highest BCUT2D eigenvalue weighted by Crippen LogP contribution is 2.41. The van der Waals surface area contributed by atoms with Gasteiger partial charge in [-0.25, -0.2) is 9.67 Å². The fraction of sp³-hybridized carbons (Fsp3) is 0.316. The van der Waals surface area contributed by atoms with Gasteiger partial charge in [0.05, 0.1) is 22.6 Å². The first kappa shape index (κ1) is 16.0. The second-order valence-electron chi connectivity index (χ2n) is 6.54. The molecule has 0 spiro atoms. The van der Waals surface area contributed by atoms with Gasteiger partial charge in [0.2, 0.25) is 0 Å². The zero-order valence-corrected chi connectivity index (χ0v) is 15.4. The molecule has 0 N–H and O–H groups in total. The average molecular weight is 352 g/mol. The minimum Gasteiger partial charge on any atom is -0.311 e. The minimum absolute atomic E-state index is 0.0265. The molecule has 1 fully saturated rings. The third-order valence-corrected chi connectivity index (χ3v) is 5.50. The van der Waals surface area contributed by atoms with E-state index < -0.39 is 0 Å². The molecule has 1 amide bonds. The van der Waals surface area contributed by atoms with Gasteiger partial charge in [0.1, 0.15) is 4.88 Å². The maximum Gasteiger partial charge on any atom is 0.269 e. The molecule has 5 nitrogen and oxygen atoms in total. The molecule has 0 atom stereocenters. The van der Waals surface area contributed by atoms with Gasteiger partial charge in [-0.1, -0.05) is 0 Å². The predicted molar refractivity (Wildman–Crippen MR) is 99.9 cm³/mol.